The summed E-state index contributed by atoms with van der Waals surface area (Å²) in [6.07, 6.45) is -2.24. The molecule has 1 N–H and O–H groups in total. The number of anilines is 1. The summed E-state index contributed by atoms with van der Waals surface area (Å²) in [4.78, 5) is 3.90. The minimum atomic E-state index is -4.32. The van der Waals surface area contributed by atoms with Gasteiger partial charge in [-0.1, -0.05) is 6.92 Å². The van der Waals surface area contributed by atoms with Gasteiger partial charge in [0.15, 0.2) is 0 Å². The summed E-state index contributed by atoms with van der Waals surface area (Å²) in [5.41, 5.74) is -0.671. The first-order valence-corrected chi connectivity index (χ1v) is 6.96. The lowest BCUT2D eigenvalue weighted by Gasteiger charge is -2.15. The number of thioether (sulfide) groups is 1. The summed E-state index contributed by atoms with van der Waals surface area (Å²) in [5.74, 6) is 2.32. The number of rotatable bonds is 6. The number of pyridine rings is 1. The first kappa shape index (κ1) is 15.1. The number of nitrogens with zero attached hydrogens (tertiary/aromatic N) is 1. The molecule has 0 spiro atoms. The predicted molar refractivity (Wildman–Crippen MR) is 69.9 cm³/mol. The lowest BCUT2D eigenvalue weighted by atomic mass is 10.2. The van der Waals surface area contributed by atoms with Crippen LogP contribution < -0.4 is 5.32 Å². The summed E-state index contributed by atoms with van der Waals surface area (Å²) in [6.45, 7) is 4.02. The van der Waals surface area contributed by atoms with Crippen molar-refractivity contribution in [1.82, 2.24) is 4.98 Å². The van der Waals surface area contributed by atoms with E-state index in [4.69, 9.17) is 0 Å². The van der Waals surface area contributed by atoms with Gasteiger partial charge in [-0.3, -0.25) is 0 Å². The highest BCUT2D eigenvalue weighted by Crippen LogP contribution is 2.30. The quantitative estimate of drug-likeness (QED) is 0.795. The smallest absolute Gasteiger partial charge is 0.368 e. The van der Waals surface area contributed by atoms with E-state index < -0.39 is 11.7 Å². The molecule has 2 nitrogen and oxygen atoms in total. The molecule has 0 fully saturated rings. The van der Waals surface area contributed by atoms with Crippen LogP contribution in [0.25, 0.3) is 0 Å². The van der Waals surface area contributed by atoms with Crippen molar-refractivity contribution in [3.8, 4) is 0 Å². The molecule has 0 aliphatic heterocycles. The highest BCUT2D eigenvalue weighted by Gasteiger charge is 2.30. The molecule has 0 bridgehead atoms. The average Bonchev–Trinajstić information content (AvgIpc) is 2.28. The van der Waals surface area contributed by atoms with Gasteiger partial charge in [0.25, 0.3) is 0 Å². The molecule has 0 aliphatic carbocycles. The van der Waals surface area contributed by atoms with Crippen molar-refractivity contribution in [3.05, 3.63) is 23.9 Å². The van der Waals surface area contributed by atoms with E-state index in [0.717, 1.165) is 30.1 Å². The number of aromatic nitrogens is 1. The van der Waals surface area contributed by atoms with Gasteiger partial charge in [0.2, 0.25) is 0 Å². The molecule has 1 aromatic rings. The molecule has 0 saturated heterocycles. The van der Waals surface area contributed by atoms with Gasteiger partial charge in [0.1, 0.15) is 5.82 Å². The SMILES string of the molecule is CCSCCC(C)Nc1cc(C(F)(F)F)ccn1. The Hall–Kier alpha value is -0.910. The van der Waals surface area contributed by atoms with E-state index in [2.05, 4.69) is 17.2 Å². The molecule has 0 amide bonds. The number of alkyl halides is 3. The number of nitrogens with one attached hydrogen (secondary N) is 1. The van der Waals surface area contributed by atoms with E-state index in [1.54, 1.807) is 0 Å². The van der Waals surface area contributed by atoms with E-state index in [1.165, 1.54) is 6.20 Å². The Balaban J connectivity index is 2.57. The fourth-order valence-corrected chi connectivity index (χ4v) is 2.22. The minimum absolute atomic E-state index is 0.111. The maximum absolute atomic E-state index is 12.5. The van der Waals surface area contributed by atoms with Crippen LogP contribution in [-0.4, -0.2) is 22.5 Å². The van der Waals surface area contributed by atoms with E-state index in [0.29, 0.717) is 0 Å². The third-order valence-corrected chi connectivity index (χ3v) is 3.31. The lowest BCUT2D eigenvalue weighted by Crippen LogP contribution is -2.17. The number of halogens is 3. The van der Waals surface area contributed by atoms with Crippen LogP contribution in [0.2, 0.25) is 0 Å². The van der Waals surface area contributed by atoms with Crippen molar-refractivity contribution in [2.24, 2.45) is 0 Å². The first-order valence-electron chi connectivity index (χ1n) is 5.81. The Bertz CT molecular complexity index is 369. The molecule has 0 radical (unpaired) electrons. The van der Waals surface area contributed by atoms with Gasteiger partial charge in [-0.25, -0.2) is 4.98 Å². The van der Waals surface area contributed by atoms with E-state index in [-0.39, 0.29) is 11.9 Å². The Morgan fingerprint density at radius 3 is 2.78 bits per heavy atom. The molecular formula is C12H17F3N2S. The van der Waals surface area contributed by atoms with Crippen molar-refractivity contribution in [2.75, 3.05) is 16.8 Å². The van der Waals surface area contributed by atoms with E-state index in [1.807, 2.05) is 18.7 Å². The maximum Gasteiger partial charge on any atom is 0.416 e. The summed E-state index contributed by atoms with van der Waals surface area (Å²) in [7, 11) is 0. The van der Waals surface area contributed by atoms with Gasteiger partial charge in [-0.2, -0.15) is 24.9 Å². The summed E-state index contributed by atoms with van der Waals surface area (Å²) >= 11 is 1.81. The van der Waals surface area contributed by atoms with Gasteiger partial charge >= 0.3 is 6.18 Å². The van der Waals surface area contributed by atoms with Crippen LogP contribution >= 0.6 is 11.8 Å². The zero-order valence-electron chi connectivity index (χ0n) is 10.4. The summed E-state index contributed by atoms with van der Waals surface area (Å²) in [5, 5.41) is 2.99. The van der Waals surface area contributed by atoms with Crippen LogP contribution in [0.4, 0.5) is 19.0 Å². The summed E-state index contributed by atoms with van der Waals surface area (Å²) in [6, 6.07) is 2.13. The van der Waals surface area contributed by atoms with Crippen molar-refractivity contribution in [3.63, 3.8) is 0 Å². The van der Waals surface area contributed by atoms with Crippen molar-refractivity contribution in [2.45, 2.75) is 32.5 Å². The van der Waals surface area contributed by atoms with Gasteiger partial charge in [-0.05, 0) is 37.0 Å². The molecule has 1 rings (SSSR count). The van der Waals surface area contributed by atoms with Gasteiger partial charge in [-0.15, -0.1) is 0 Å². The molecule has 6 heteroatoms. The van der Waals surface area contributed by atoms with Gasteiger partial charge in [0.05, 0.1) is 5.56 Å². The van der Waals surface area contributed by atoms with Crippen LogP contribution in [0.1, 0.15) is 25.8 Å². The average molecular weight is 278 g/mol. The molecule has 102 valence electrons. The third-order valence-electron chi connectivity index (χ3n) is 2.38. The Morgan fingerprint density at radius 2 is 2.17 bits per heavy atom. The predicted octanol–water partition coefficient (Wildman–Crippen LogP) is 4.04. The molecule has 0 saturated carbocycles. The summed E-state index contributed by atoms with van der Waals surface area (Å²) < 4.78 is 37.5. The molecule has 1 heterocycles. The van der Waals surface area contributed by atoms with Gasteiger partial charge in [0, 0.05) is 12.2 Å². The molecule has 1 unspecified atom stereocenters. The molecular weight excluding hydrogens is 261 g/mol. The molecule has 1 aromatic heterocycles. The third kappa shape index (κ3) is 5.16. The standard InChI is InChI=1S/C12H17F3N2S/c1-3-18-7-5-9(2)17-11-8-10(4-6-16-11)12(13,14)15/h4,6,8-9H,3,5,7H2,1-2H3,(H,16,17). The molecule has 0 aliphatic rings. The topological polar surface area (TPSA) is 24.9 Å². The van der Waals surface area contributed by atoms with E-state index in [9.17, 15) is 13.2 Å². The van der Waals surface area contributed by atoms with Crippen LogP contribution in [0.5, 0.6) is 0 Å². The Labute approximate surface area is 109 Å². The number of hydrogen-bond donors (Lipinski definition) is 1. The first-order chi connectivity index (χ1) is 8.43. The lowest BCUT2D eigenvalue weighted by molar-refractivity contribution is -0.137. The van der Waals surface area contributed by atoms with Crippen LogP contribution in [0, 0.1) is 0 Å². The van der Waals surface area contributed by atoms with E-state index >= 15 is 0 Å². The highest BCUT2D eigenvalue weighted by atomic mass is 32.2. The van der Waals surface area contributed by atoms with Crippen LogP contribution in [0.3, 0.4) is 0 Å². The fourth-order valence-electron chi connectivity index (χ4n) is 1.41. The second-order valence-electron chi connectivity index (χ2n) is 3.96. The second-order valence-corrected chi connectivity index (χ2v) is 5.35. The van der Waals surface area contributed by atoms with Gasteiger partial charge < -0.3 is 5.32 Å². The number of hydrogen-bond acceptors (Lipinski definition) is 3. The zero-order valence-corrected chi connectivity index (χ0v) is 11.2. The van der Waals surface area contributed by atoms with Crippen molar-refractivity contribution >= 4 is 17.6 Å². The normalized spacial score (nSPS) is 13.4. The Kier molecular flexibility index (Phi) is 5.78. The highest BCUT2D eigenvalue weighted by molar-refractivity contribution is 7.99. The molecule has 1 atom stereocenters. The monoisotopic (exact) mass is 278 g/mol. The Morgan fingerprint density at radius 1 is 1.44 bits per heavy atom. The second kappa shape index (κ2) is 6.87. The molecule has 18 heavy (non-hydrogen) atoms. The molecule has 0 aromatic carbocycles. The van der Waals surface area contributed by atoms with Crippen molar-refractivity contribution in [1.29, 1.82) is 0 Å². The van der Waals surface area contributed by atoms with Crippen LogP contribution in [0.15, 0.2) is 18.3 Å². The zero-order chi connectivity index (χ0) is 13.6. The van der Waals surface area contributed by atoms with Crippen molar-refractivity contribution < 1.29 is 13.2 Å². The minimum Gasteiger partial charge on any atom is -0.368 e. The maximum atomic E-state index is 12.5. The fraction of sp³-hybridized carbons (Fsp3) is 0.583. The van der Waals surface area contributed by atoms with Crippen LogP contribution in [-0.2, 0) is 6.18 Å². The largest absolute Gasteiger partial charge is 0.416 e.